The maximum atomic E-state index is 6.05. The Morgan fingerprint density at radius 1 is 1.11 bits per heavy atom. The second-order valence-corrected chi connectivity index (χ2v) is 4.39. The summed E-state index contributed by atoms with van der Waals surface area (Å²) in [6.45, 7) is 2.59. The number of aryl methyl sites for hydroxylation is 1. The van der Waals surface area contributed by atoms with Gasteiger partial charge in [0.05, 0.1) is 6.54 Å². The van der Waals surface area contributed by atoms with Crippen molar-refractivity contribution in [2.45, 2.75) is 6.92 Å². The Hall–Kier alpha value is -1.91. The van der Waals surface area contributed by atoms with E-state index in [9.17, 15) is 0 Å². The summed E-state index contributed by atoms with van der Waals surface area (Å²) in [5.41, 5.74) is 3.10. The molecule has 0 aliphatic heterocycles. The van der Waals surface area contributed by atoms with Crippen LogP contribution in [0.3, 0.4) is 0 Å². The Bertz CT molecular complexity index is 579. The van der Waals surface area contributed by atoms with E-state index >= 15 is 0 Å². The third-order valence-electron chi connectivity index (χ3n) is 2.56. The van der Waals surface area contributed by atoms with Crippen LogP contribution in [-0.4, -0.2) is 6.54 Å². The van der Waals surface area contributed by atoms with Crippen LogP contribution in [0.25, 0.3) is 0 Å². The highest BCUT2D eigenvalue weighted by atomic mass is 35.5. The number of hydrogen-bond acceptors (Lipinski definition) is 1. The molecule has 0 saturated heterocycles. The van der Waals surface area contributed by atoms with E-state index in [-0.39, 0.29) is 0 Å². The Labute approximate surface area is 113 Å². The average molecular weight is 256 g/mol. The Morgan fingerprint density at radius 3 is 2.61 bits per heavy atom. The lowest BCUT2D eigenvalue weighted by molar-refractivity contribution is 1.36. The van der Waals surface area contributed by atoms with Crippen LogP contribution in [0.1, 0.15) is 11.1 Å². The normalized spacial score (nSPS) is 9.44. The van der Waals surface area contributed by atoms with Gasteiger partial charge in [-0.25, -0.2) is 0 Å². The van der Waals surface area contributed by atoms with Gasteiger partial charge in [0.2, 0.25) is 0 Å². The van der Waals surface area contributed by atoms with Gasteiger partial charge in [-0.2, -0.15) is 0 Å². The zero-order valence-corrected chi connectivity index (χ0v) is 11.0. The standard InChI is InChI=1S/C16H14ClN/c1-13-9-10-15(12-16(13)17)18-11-5-8-14-6-3-2-4-7-14/h2-4,6-7,9-10,12,18H,11H2,1H3. The van der Waals surface area contributed by atoms with Crippen LogP contribution in [0.15, 0.2) is 48.5 Å². The lowest BCUT2D eigenvalue weighted by Crippen LogP contribution is -1.98. The number of benzene rings is 2. The highest BCUT2D eigenvalue weighted by Crippen LogP contribution is 2.19. The summed E-state index contributed by atoms with van der Waals surface area (Å²) in [7, 11) is 0. The molecule has 0 unspecified atom stereocenters. The zero-order chi connectivity index (χ0) is 12.8. The van der Waals surface area contributed by atoms with Gasteiger partial charge in [-0.1, -0.05) is 47.7 Å². The Kier molecular flexibility index (Phi) is 4.28. The summed E-state index contributed by atoms with van der Waals surface area (Å²) in [6, 6.07) is 15.9. The molecule has 0 aliphatic carbocycles. The van der Waals surface area contributed by atoms with Crippen LogP contribution < -0.4 is 5.32 Å². The second-order valence-electron chi connectivity index (χ2n) is 3.99. The molecule has 18 heavy (non-hydrogen) atoms. The van der Waals surface area contributed by atoms with Gasteiger partial charge < -0.3 is 5.32 Å². The number of halogens is 1. The molecule has 1 nitrogen and oxygen atoms in total. The molecule has 1 N–H and O–H groups in total. The van der Waals surface area contributed by atoms with Gasteiger partial charge in [0.15, 0.2) is 0 Å². The van der Waals surface area contributed by atoms with Crippen molar-refractivity contribution in [2.24, 2.45) is 0 Å². The van der Waals surface area contributed by atoms with Crippen LogP contribution in [-0.2, 0) is 0 Å². The van der Waals surface area contributed by atoms with E-state index in [2.05, 4.69) is 17.2 Å². The minimum atomic E-state index is 0.605. The van der Waals surface area contributed by atoms with Gasteiger partial charge in [-0.3, -0.25) is 0 Å². The van der Waals surface area contributed by atoms with E-state index in [0.717, 1.165) is 21.8 Å². The molecule has 0 radical (unpaired) electrons. The van der Waals surface area contributed by atoms with Crippen molar-refractivity contribution in [2.75, 3.05) is 11.9 Å². The molecule has 90 valence electrons. The van der Waals surface area contributed by atoms with E-state index in [1.54, 1.807) is 0 Å². The van der Waals surface area contributed by atoms with Gasteiger partial charge in [0.25, 0.3) is 0 Å². The fraction of sp³-hybridized carbons (Fsp3) is 0.125. The molecule has 0 spiro atoms. The number of nitrogens with one attached hydrogen (secondary N) is 1. The lowest BCUT2D eigenvalue weighted by Gasteiger charge is -2.04. The van der Waals surface area contributed by atoms with Crippen molar-refractivity contribution in [1.29, 1.82) is 0 Å². The Morgan fingerprint density at radius 2 is 1.89 bits per heavy atom. The summed E-state index contributed by atoms with van der Waals surface area (Å²) in [6.07, 6.45) is 0. The van der Waals surface area contributed by atoms with Gasteiger partial charge in [0.1, 0.15) is 0 Å². The van der Waals surface area contributed by atoms with Crippen LogP contribution in [0.5, 0.6) is 0 Å². The Balaban J connectivity index is 1.93. The van der Waals surface area contributed by atoms with Crippen LogP contribution in [0, 0.1) is 18.8 Å². The summed E-state index contributed by atoms with van der Waals surface area (Å²) >= 11 is 6.05. The van der Waals surface area contributed by atoms with Crippen LogP contribution >= 0.6 is 11.6 Å². The van der Waals surface area contributed by atoms with Gasteiger partial charge in [-0.15, -0.1) is 0 Å². The lowest BCUT2D eigenvalue weighted by atomic mass is 10.2. The molecule has 0 heterocycles. The van der Waals surface area contributed by atoms with Crippen molar-refractivity contribution < 1.29 is 0 Å². The molecule has 0 atom stereocenters. The topological polar surface area (TPSA) is 12.0 Å². The molecule has 0 fully saturated rings. The quantitative estimate of drug-likeness (QED) is 0.797. The summed E-state index contributed by atoms with van der Waals surface area (Å²) in [5, 5.41) is 4.00. The third kappa shape index (κ3) is 3.55. The fourth-order valence-electron chi connectivity index (χ4n) is 1.52. The molecule has 0 bridgehead atoms. The molecule has 2 rings (SSSR count). The maximum absolute atomic E-state index is 6.05. The minimum absolute atomic E-state index is 0.605. The van der Waals surface area contributed by atoms with Gasteiger partial charge >= 0.3 is 0 Å². The smallest absolute Gasteiger partial charge is 0.0769 e. The van der Waals surface area contributed by atoms with Crippen LogP contribution in [0.4, 0.5) is 5.69 Å². The number of anilines is 1. The summed E-state index contributed by atoms with van der Waals surface area (Å²) < 4.78 is 0. The third-order valence-corrected chi connectivity index (χ3v) is 2.97. The first-order valence-electron chi connectivity index (χ1n) is 5.79. The molecule has 2 aromatic rings. The first-order valence-corrected chi connectivity index (χ1v) is 6.17. The summed E-state index contributed by atoms with van der Waals surface area (Å²) in [5.74, 6) is 6.18. The van der Waals surface area contributed by atoms with Crippen LogP contribution in [0.2, 0.25) is 5.02 Å². The molecule has 0 saturated carbocycles. The molecular formula is C16H14ClN. The molecule has 0 aromatic heterocycles. The highest BCUT2D eigenvalue weighted by molar-refractivity contribution is 6.31. The van der Waals surface area contributed by atoms with Crippen molar-refractivity contribution in [3.63, 3.8) is 0 Å². The summed E-state index contributed by atoms with van der Waals surface area (Å²) in [4.78, 5) is 0. The minimum Gasteiger partial charge on any atom is -0.374 e. The van der Waals surface area contributed by atoms with E-state index in [4.69, 9.17) is 11.6 Å². The van der Waals surface area contributed by atoms with Gasteiger partial charge in [-0.05, 0) is 36.8 Å². The number of rotatable bonds is 2. The van der Waals surface area contributed by atoms with Crippen molar-refractivity contribution in [1.82, 2.24) is 0 Å². The van der Waals surface area contributed by atoms with E-state index in [1.807, 2.05) is 55.5 Å². The predicted octanol–water partition coefficient (Wildman–Crippen LogP) is 4.11. The number of hydrogen-bond donors (Lipinski definition) is 1. The van der Waals surface area contributed by atoms with Crippen molar-refractivity contribution >= 4 is 17.3 Å². The monoisotopic (exact) mass is 255 g/mol. The first-order chi connectivity index (χ1) is 8.75. The van der Waals surface area contributed by atoms with E-state index in [0.29, 0.717) is 6.54 Å². The largest absolute Gasteiger partial charge is 0.374 e. The zero-order valence-electron chi connectivity index (χ0n) is 10.2. The first kappa shape index (κ1) is 12.5. The molecule has 0 amide bonds. The fourth-order valence-corrected chi connectivity index (χ4v) is 1.70. The molecule has 0 aliphatic rings. The molecule has 2 aromatic carbocycles. The van der Waals surface area contributed by atoms with Crippen molar-refractivity contribution in [3.05, 3.63) is 64.7 Å². The SMILES string of the molecule is Cc1ccc(NCC#Cc2ccccc2)cc1Cl. The van der Waals surface area contributed by atoms with E-state index in [1.165, 1.54) is 0 Å². The highest BCUT2D eigenvalue weighted by Gasteiger charge is 1.95. The predicted molar refractivity (Wildman–Crippen MR) is 78.0 cm³/mol. The second kappa shape index (κ2) is 6.14. The van der Waals surface area contributed by atoms with Crippen molar-refractivity contribution in [3.8, 4) is 11.8 Å². The maximum Gasteiger partial charge on any atom is 0.0769 e. The average Bonchev–Trinajstić information content (AvgIpc) is 2.40. The van der Waals surface area contributed by atoms with E-state index < -0.39 is 0 Å². The van der Waals surface area contributed by atoms with Gasteiger partial charge in [0, 0.05) is 16.3 Å². The molecular weight excluding hydrogens is 242 g/mol. The molecule has 2 heteroatoms.